The lowest BCUT2D eigenvalue weighted by atomic mass is 10.0. The molecule has 1 aromatic heterocycles. The molecular formula is C13H12N2O2. The molecule has 0 fully saturated rings. The maximum atomic E-state index is 10.8. The maximum absolute atomic E-state index is 10.8. The van der Waals surface area contributed by atoms with E-state index in [2.05, 4.69) is 4.98 Å². The van der Waals surface area contributed by atoms with Gasteiger partial charge in [-0.3, -0.25) is 9.78 Å². The fourth-order valence-corrected chi connectivity index (χ4v) is 1.60. The van der Waals surface area contributed by atoms with Crippen LogP contribution in [0.3, 0.4) is 0 Å². The van der Waals surface area contributed by atoms with Crippen molar-refractivity contribution >= 4 is 5.97 Å². The van der Waals surface area contributed by atoms with Crippen molar-refractivity contribution in [2.75, 3.05) is 0 Å². The number of benzene rings is 1. The Morgan fingerprint density at radius 2 is 1.88 bits per heavy atom. The molecule has 0 aliphatic carbocycles. The molecule has 86 valence electrons. The summed E-state index contributed by atoms with van der Waals surface area (Å²) in [4.78, 5) is 14.8. The molecule has 1 atom stereocenters. The van der Waals surface area contributed by atoms with Gasteiger partial charge < -0.3 is 10.8 Å². The summed E-state index contributed by atoms with van der Waals surface area (Å²) in [5, 5.41) is 8.86. The van der Waals surface area contributed by atoms with Gasteiger partial charge >= 0.3 is 5.97 Å². The SMILES string of the molecule is N[C@H](C(=O)O)c1cccc(-c2ccncc2)c1. The fraction of sp³-hybridized carbons (Fsp3) is 0.0769. The Labute approximate surface area is 98.7 Å². The number of aromatic nitrogens is 1. The summed E-state index contributed by atoms with van der Waals surface area (Å²) >= 11 is 0. The maximum Gasteiger partial charge on any atom is 0.325 e. The van der Waals surface area contributed by atoms with Crippen molar-refractivity contribution in [3.8, 4) is 11.1 Å². The third kappa shape index (κ3) is 2.49. The van der Waals surface area contributed by atoms with Crippen LogP contribution in [0.1, 0.15) is 11.6 Å². The van der Waals surface area contributed by atoms with Gasteiger partial charge in [0, 0.05) is 12.4 Å². The van der Waals surface area contributed by atoms with Crippen LogP contribution < -0.4 is 5.73 Å². The lowest BCUT2D eigenvalue weighted by Gasteiger charge is -2.08. The first-order chi connectivity index (χ1) is 8.18. The molecule has 0 unspecified atom stereocenters. The Balaban J connectivity index is 2.39. The third-order valence-corrected chi connectivity index (χ3v) is 2.53. The minimum Gasteiger partial charge on any atom is -0.480 e. The van der Waals surface area contributed by atoms with Gasteiger partial charge in [-0.2, -0.15) is 0 Å². The van der Waals surface area contributed by atoms with Gasteiger partial charge in [0.05, 0.1) is 0 Å². The highest BCUT2D eigenvalue weighted by atomic mass is 16.4. The van der Waals surface area contributed by atoms with Crippen LogP contribution in [0.25, 0.3) is 11.1 Å². The van der Waals surface area contributed by atoms with E-state index in [-0.39, 0.29) is 0 Å². The Bertz CT molecular complexity index is 526. The number of rotatable bonds is 3. The van der Waals surface area contributed by atoms with E-state index in [4.69, 9.17) is 10.8 Å². The Morgan fingerprint density at radius 3 is 2.53 bits per heavy atom. The summed E-state index contributed by atoms with van der Waals surface area (Å²) in [7, 11) is 0. The highest BCUT2D eigenvalue weighted by Gasteiger charge is 2.14. The van der Waals surface area contributed by atoms with Gasteiger partial charge in [-0.25, -0.2) is 0 Å². The molecule has 0 amide bonds. The predicted molar refractivity (Wildman–Crippen MR) is 64.2 cm³/mol. The monoisotopic (exact) mass is 228 g/mol. The molecule has 1 heterocycles. The van der Waals surface area contributed by atoms with E-state index in [1.54, 1.807) is 30.6 Å². The van der Waals surface area contributed by atoms with Crippen molar-refractivity contribution in [1.29, 1.82) is 0 Å². The predicted octanol–water partition coefficient (Wildman–Crippen LogP) is 1.83. The zero-order valence-corrected chi connectivity index (χ0v) is 9.08. The molecule has 3 N–H and O–H groups in total. The molecule has 0 spiro atoms. The molecule has 2 rings (SSSR count). The van der Waals surface area contributed by atoms with Crippen LogP contribution in [0.15, 0.2) is 48.8 Å². The molecular weight excluding hydrogens is 216 g/mol. The van der Waals surface area contributed by atoms with Crippen LogP contribution in [-0.2, 0) is 4.79 Å². The standard InChI is InChI=1S/C13H12N2O2/c14-12(13(16)17)11-3-1-2-10(8-11)9-4-6-15-7-5-9/h1-8,12H,14H2,(H,16,17)/t12-/m0/s1. The van der Waals surface area contributed by atoms with Crippen LogP contribution in [0, 0.1) is 0 Å². The summed E-state index contributed by atoms with van der Waals surface area (Å²) in [6, 6.07) is 9.95. The number of carboxylic acids is 1. The van der Waals surface area contributed by atoms with Gasteiger partial charge in [-0.05, 0) is 34.9 Å². The van der Waals surface area contributed by atoms with E-state index in [9.17, 15) is 4.79 Å². The van der Waals surface area contributed by atoms with Crippen molar-refractivity contribution in [3.63, 3.8) is 0 Å². The second-order valence-corrected chi connectivity index (χ2v) is 3.68. The summed E-state index contributed by atoms with van der Waals surface area (Å²) in [5.74, 6) is -1.03. The average molecular weight is 228 g/mol. The van der Waals surface area contributed by atoms with Gasteiger partial charge in [0.25, 0.3) is 0 Å². The number of pyridine rings is 1. The van der Waals surface area contributed by atoms with E-state index in [0.717, 1.165) is 11.1 Å². The second-order valence-electron chi connectivity index (χ2n) is 3.68. The molecule has 17 heavy (non-hydrogen) atoms. The van der Waals surface area contributed by atoms with Gasteiger partial charge in [0.15, 0.2) is 0 Å². The van der Waals surface area contributed by atoms with Crippen molar-refractivity contribution in [3.05, 3.63) is 54.4 Å². The Morgan fingerprint density at radius 1 is 1.18 bits per heavy atom. The number of carbonyl (C=O) groups is 1. The lowest BCUT2D eigenvalue weighted by Crippen LogP contribution is -2.20. The van der Waals surface area contributed by atoms with E-state index in [1.165, 1.54) is 0 Å². The summed E-state index contributed by atoms with van der Waals surface area (Å²) in [5.41, 5.74) is 8.08. The molecule has 0 aliphatic rings. The first-order valence-corrected chi connectivity index (χ1v) is 5.17. The van der Waals surface area contributed by atoms with Crippen molar-refractivity contribution < 1.29 is 9.90 Å². The largest absolute Gasteiger partial charge is 0.480 e. The van der Waals surface area contributed by atoms with Gasteiger partial charge in [0.1, 0.15) is 6.04 Å². The highest BCUT2D eigenvalue weighted by Crippen LogP contribution is 2.21. The van der Waals surface area contributed by atoms with E-state index >= 15 is 0 Å². The van der Waals surface area contributed by atoms with Crippen LogP contribution in [0.2, 0.25) is 0 Å². The molecule has 0 bridgehead atoms. The van der Waals surface area contributed by atoms with Crippen LogP contribution in [-0.4, -0.2) is 16.1 Å². The summed E-state index contributed by atoms with van der Waals surface area (Å²) in [6.45, 7) is 0. The zero-order chi connectivity index (χ0) is 12.3. The van der Waals surface area contributed by atoms with E-state index < -0.39 is 12.0 Å². The van der Waals surface area contributed by atoms with Crippen LogP contribution >= 0.6 is 0 Å². The number of aliphatic carboxylic acids is 1. The second kappa shape index (κ2) is 4.76. The summed E-state index contributed by atoms with van der Waals surface area (Å²) < 4.78 is 0. The van der Waals surface area contributed by atoms with Gasteiger partial charge in [-0.1, -0.05) is 18.2 Å². The van der Waals surface area contributed by atoms with Crippen molar-refractivity contribution in [1.82, 2.24) is 4.98 Å². The number of hydrogen-bond donors (Lipinski definition) is 2. The van der Waals surface area contributed by atoms with Crippen molar-refractivity contribution in [2.45, 2.75) is 6.04 Å². The first kappa shape index (κ1) is 11.3. The van der Waals surface area contributed by atoms with Crippen molar-refractivity contribution in [2.24, 2.45) is 5.73 Å². The quantitative estimate of drug-likeness (QED) is 0.840. The van der Waals surface area contributed by atoms with Crippen LogP contribution in [0.4, 0.5) is 0 Å². The molecule has 4 heteroatoms. The lowest BCUT2D eigenvalue weighted by molar-refractivity contribution is -0.138. The zero-order valence-electron chi connectivity index (χ0n) is 9.08. The summed E-state index contributed by atoms with van der Waals surface area (Å²) in [6.07, 6.45) is 3.39. The highest BCUT2D eigenvalue weighted by molar-refractivity contribution is 5.76. The smallest absolute Gasteiger partial charge is 0.325 e. The van der Waals surface area contributed by atoms with Gasteiger partial charge in [0.2, 0.25) is 0 Å². The minimum absolute atomic E-state index is 0.590. The van der Waals surface area contributed by atoms with E-state index in [1.807, 2.05) is 18.2 Å². The number of carboxylic acid groups (broad SMARTS) is 1. The molecule has 0 saturated carbocycles. The third-order valence-electron chi connectivity index (χ3n) is 2.53. The number of hydrogen-bond acceptors (Lipinski definition) is 3. The molecule has 0 radical (unpaired) electrons. The fourth-order valence-electron chi connectivity index (χ4n) is 1.60. The minimum atomic E-state index is -1.03. The van der Waals surface area contributed by atoms with Crippen LogP contribution in [0.5, 0.6) is 0 Å². The molecule has 2 aromatic rings. The molecule has 0 saturated heterocycles. The number of nitrogens with two attached hydrogens (primary N) is 1. The number of nitrogens with zero attached hydrogens (tertiary/aromatic N) is 1. The topological polar surface area (TPSA) is 76.2 Å². The molecule has 1 aromatic carbocycles. The Hall–Kier alpha value is -2.20. The first-order valence-electron chi connectivity index (χ1n) is 5.17. The average Bonchev–Trinajstić information content (AvgIpc) is 2.39. The normalized spacial score (nSPS) is 12.1. The molecule has 4 nitrogen and oxygen atoms in total. The van der Waals surface area contributed by atoms with E-state index in [0.29, 0.717) is 5.56 Å². The Kier molecular flexibility index (Phi) is 3.16. The molecule has 0 aliphatic heterocycles. The van der Waals surface area contributed by atoms with Gasteiger partial charge in [-0.15, -0.1) is 0 Å².